The van der Waals surface area contributed by atoms with Crippen molar-refractivity contribution in [2.75, 3.05) is 26.3 Å². The number of hydrogen-bond acceptors (Lipinski definition) is 4. The molecule has 1 saturated heterocycles. The van der Waals surface area contributed by atoms with Crippen LogP contribution in [0.5, 0.6) is 0 Å². The number of nitrogens with two attached hydrogens (primary N) is 1. The number of ether oxygens (including phenoxy) is 1. The molecule has 1 heterocycles. The highest BCUT2D eigenvalue weighted by atomic mass is 32.2. The molecule has 0 spiro atoms. The highest BCUT2D eigenvalue weighted by molar-refractivity contribution is 7.85. The van der Waals surface area contributed by atoms with Gasteiger partial charge in [0.15, 0.2) is 0 Å². The third kappa shape index (κ3) is 5.22. The summed E-state index contributed by atoms with van der Waals surface area (Å²) >= 11 is 0. The van der Waals surface area contributed by atoms with Gasteiger partial charge in [0.05, 0.1) is 31.2 Å². The Morgan fingerprint density at radius 1 is 1.12 bits per heavy atom. The maximum Gasteiger partial charge on any atom is 0.124 e. The van der Waals surface area contributed by atoms with Gasteiger partial charge in [-0.25, -0.2) is 8.42 Å². The van der Waals surface area contributed by atoms with Gasteiger partial charge in [0, 0.05) is 0 Å². The van der Waals surface area contributed by atoms with Crippen LogP contribution in [0.2, 0.25) is 0 Å². The zero-order valence-electron chi connectivity index (χ0n) is 8.83. The minimum Gasteiger partial charge on any atom is -0.744 e. The second-order valence-electron chi connectivity index (χ2n) is 3.25. The Bertz CT molecular complexity index is 375. The van der Waals surface area contributed by atoms with Gasteiger partial charge < -0.3 is 14.6 Å². The van der Waals surface area contributed by atoms with Crippen LogP contribution in [0.1, 0.15) is 0 Å². The molecule has 1 aliphatic heterocycles. The summed E-state index contributed by atoms with van der Waals surface area (Å²) in [6.45, 7) is 4.19. The van der Waals surface area contributed by atoms with Crippen LogP contribution in [0.3, 0.4) is 0 Å². The lowest BCUT2D eigenvalue weighted by Crippen LogP contribution is -2.87. The molecule has 1 aliphatic rings. The zero-order valence-corrected chi connectivity index (χ0v) is 9.65. The van der Waals surface area contributed by atoms with Crippen molar-refractivity contribution in [1.29, 1.82) is 0 Å². The quantitative estimate of drug-likeness (QED) is 0.655. The van der Waals surface area contributed by atoms with Crippen molar-refractivity contribution in [2.45, 2.75) is 4.90 Å². The van der Waals surface area contributed by atoms with Crippen LogP contribution in [0.25, 0.3) is 0 Å². The van der Waals surface area contributed by atoms with Gasteiger partial charge in [0.2, 0.25) is 0 Å². The number of hydrogen-bond donors (Lipinski definition) is 1. The molecule has 0 atom stereocenters. The normalized spacial score (nSPS) is 16.1. The van der Waals surface area contributed by atoms with Gasteiger partial charge in [-0.3, -0.25) is 0 Å². The second kappa shape index (κ2) is 6.59. The van der Waals surface area contributed by atoms with Gasteiger partial charge >= 0.3 is 0 Å². The summed E-state index contributed by atoms with van der Waals surface area (Å²) in [7, 11) is -4.25. The third-order valence-corrected chi connectivity index (χ3v) is 2.81. The molecular formula is C10H15NO4S. The molecule has 0 amide bonds. The first kappa shape index (κ1) is 13.1. The lowest BCUT2D eigenvalue weighted by Gasteiger charge is -2.07. The van der Waals surface area contributed by atoms with E-state index in [0.717, 1.165) is 26.3 Å². The predicted molar refractivity (Wildman–Crippen MR) is 56.9 cm³/mol. The average Bonchev–Trinajstić information content (AvgIpc) is 2.32. The second-order valence-corrected chi connectivity index (χ2v) is 4.63. The van der Waals surface area contributed by atoms with Crippen LogP contribution in [-0.2, 0) is 14.9 Å². The Balaban J connectivity index is 0.000000181. The Labute approximate surface area is 95.2 Å². The topological polar surface area (TPSA) is 83.0 Å². The fourth-order valence-electron chi connectivity index (χ4n) is 1.17. The Hall–Kier alpha value is -0.950. The first-order valence-electron chi connectivity index (χ1n) is 5.01. The highest BCUT2D eigenvalue weighted by Gasteiger charge is 1.97. The fraction of sp³-hybridized carbons (Fsp3) is 0.400. The Morgan fingerprint density at radius 3 is 1.94 bits per heavy atom. The van der Waals surface area contributed by atoms with Gasteiger partial charge in [0.25, 0.3) is 0 Å². The number of benzene rings is 1. The maximum atomic E-state index is 10.3. The smallest absolute Gasteiger partial charge is 0.124 e. The van der Waals surface area contributed by atoms with Crippen molar-refractivity contribution in [3.05, 3.63) is 30.3 Å². The SMILES string of the molecule is C1COCC[NH2+]1.O=S(=O)([O-])c1ccccc1. The summed E-state index contributed by atoms with van der Waals surface area (Å²) < 4.78 is 35.9. The maximum absolute atomic E-state index is 10.3. The van der Waals surface area contributed by atoms with Crippen molar-refractivity contribution in [2.24, 2.45) is 0 Å². The Kier molecular flexibility index (Phi) is 5.41. The minimum absolute atomic E-state index is 0.185. The van der Waals surface area contributed by atoms with Crippen LogP contribution in [-0.4, -0.2) is 39.3 Å². The molecule has 2 N–H and O–H groups in total. The summed E-state index contributed by atoms with van der Waals surface area (Å²) in [5.74, 6) is 0. The molecule has 90 valence electrons. The van der Waals surface area contributed by atoms with Crippen molar-refractivity contribution in [1.82, 2.24) is 0 Å². The molecule has 0 aromatic heterocycles. The molecule has 0 aliphatic carbocycles. The standard InChI is InChI=1S/C6H6O3S.C4H9NO/c7-10(8,9)6-4-2-1-3-5-6;1-3-6-4-2-5-1/h1-5H,(H,7,8,9);5H,1-4H2. The molecule has 0 radical (unpaired) electrons. The number of morpholine rings is 1. The summed E-state index contributed by atoms with van der Waals surface area (Å²) in [4.78, 5) is -0.185. The van der Waals surface area contributed by atoms with Gasteiger partial charge in [-0.15, -0.1) is 0 Å². The van der Waals surface area contributed by atoms with E-state index in [1.807, 2.05) is 0 Å². The van der Waals surface area contributed by atoms with Crippen LogP contribution >= 0.6 is 0 Å². The van der Waals surface area contributed by atoms with E-state index >= 15 is 0 Å². The van der Waals surface area contributed by atoms with Gasteiger partial charge in [-0.05, 0) is 12.1 Å². The predicted octanol–water partition coefficient (Wildman–Crippen LogP) is -0.829. The molecule has 0 unspecified atom stereocenters. The molecule has 6 heteroatoms. The summed E-state index contributed by atoms with van der Waals surface area (Å²) in [5, 5.41) is 2.27. The van der Waals surface area contributed by atoms with Crippen molar-refractivity contribution < 1.29 is 23.0 Å². The van der Waals surface area contributed by atoms with Crippen molar-refractivity contribution in [3.8, 4) is 0 Å². The molecule has 1 aromatic carbocycles. The summed E-state index contributed by atoms with van der Waals surface area (Å²) in [5.41, 5.74) is 0. The molecular weight excluding hydrogens is 230 g/mol. The molecule has 0 saturated carbocycles. The fourth-order valence-corrected chi connectivity index (χ4v) is 1.66. The largest absolute Gasteiger partial charge is 0.744 e. The Morgan fingerprint density at radius 2 is 1.69 bits per heavy atom. The van der Waals surface area contributed by atoms with Gasteiger partial charge in [0.1, 0.15) is 10.1 Å². The van der Waals surface area contributed by atoms with Gasteiger partial charge in [-0.2, -0.15) is 0 Å². The average molecular weight is 245 g/mol. The molecule has 1 fully saturated rings. The van der Waals surface area contributed by atoms with Crippen LogP contribution in [0.15, 0.2) is 35.2 Å². The van der Waals surface area contributed by atoms with Crippen molar-refractivity contribution >= 4 is 10.1 Å². The summed E-state index contributed by atoms with van der Waals surface area (Å²) in [6, 6.07) is 7.19. The lowest BCUT2D eigenvalue weighted by atomic mass is 10.4. The van der Waals surface area contributed by atoms with E-state index in [2.05, 4.69) is 5.32 Å². The van der Waals surface area contributed by atoms with Crippen LogP contribution in [0.4, 0.5) is 0 Å². The van der Waals surface area contributed by atoms with E-state index in [-0.39, 0.29) is 4.90 Å². The highest BCUT2D eigenvalue weighted by Crippen LogP contribution is 2.04. The van der Waals surface area contributed by atoms with Crippen LogP contribution in [0, 0.1) is 0 Å². The third-order valence-electron chi connectivity index (χ3n) is 1.96. The first-order valence-corrected chi connectivity index (χ1v) is 6.42. The van der Waals surface area contributed by atoms with E-state index in [1.165, 1.54) is 24.3 Å². The van der Waals surface area contributed by atoms with E-state index in [4.69, 9.17) is 4.74 Å². The molecule has 5 nitrogen and oxygen atoms in total. The van der Waals surface area contributed by atoms with Gasteiger partial charge in [-0.1, -0.05) is 18.2 Å². The molecule has 16 heavy (non-hydrogen) atoms. The minimum atomic E-state index is -4.25. The first-order chi connectivity index (χ1) is 7.61. The summed E-state index contributed by atoms with van der Waals surface area (Å²) in [6.07, 6.45) is 0. The number of rotatable bonds is 1. The van der Waals surface area contributed by atoms with E-state index < -0.39 is 10.1 Å². The molecule has 0 bridgehead atoms. The van der Waals surface area contributed by atoms with Crippen LogP contribution < -0.4 is 5.32 Å². The zero-order chi connectivity index (χ0) is 11.9. The van der Waals surface area contributed by atoms with E-state index in [1.54, 1.807) is 6.07 Å². The molecule has 1 aromatic rings. The number of quaternary nitrogens is 1. The van der Waals surface area contributed by atoms with Crippen molar-refractivity contribution in [3.63, 3.8) is 0 Å². The van der Waals surface area contributed by atoms with E-state index in [0.29, 0.717) is 0 Å². The lowest BCUT2D eigenvalue weighted by molar-refractivity contribution is -0.670. The van der Waals surface area contributed by atoms with E-state index in [9.17, 15) is 13.0 Å². The monoisotopic (exact) mass is 245 g/mol. The molecule has 2 rings (SSSR count).